The minimum atomic E-state index is -4.13. The second-order valence-electron chi connectivity index (χ2n) is 3.59. The van der Waals surface area contributed by atoms with Gasteiger partial charge in [0, 0.05) is 0 Å². The SMILES string of the molecule is CC(CC(C)(C(N)=S)C(N)=S)S(=O)(=O)O. The maximum absolute atomic E-state index is 10.8. The molecule has 0 aromatic heterocycles. The van der Waals surface area contributed by atoms with Gasteiger partial charge in [0.2, 0.25) is 0 Å². The van der Waals surface area contributed by atoms with Crippen LogP contribution < -0.4 is 11.5 Å². The number of nitrogens with two attached hydrogens (primary N) is 2. The van der Waals surface area contributed by atoms with Crippen molar-refractivity contribution in [2.24, 2.45) is 16.9 Å². The van der Waals surface area contributed by atoms with Crippen LogP contribution in [0.2, 0.25) is 0 Å². The van der Waals surface area contributed by atoms with Gasteiger partial charge in [-0.2, -0.15) is 8.42 Å². The van der Waals surface area contributed by atoms with Gasteiger partial charge in [0.1, 0.15) is 0 Å². The summed E-state index contributed by atoms with van der Waals surface area (Å²) in [6, 6.07) is 0. The maximum Gasteiger partial charge on any atom is 0.267 e. The van der Waals surface area contributed by atoms with Crippen LogP contribution in [-0.4, -0.2) is 28.2 Å². The van der Waals surface area contributed by atoms with Crippen molar-refractivity contribution in [3.63, 3.8) is 0 Å². The molecule has 0 radical (unpaired) electrons. The number of hydrogen-bond acceptors (Lipinski definition) is 4. The van der Waals surface area contributed by atoms with E-state index >= 15 is 0 Å². The van der Waals surface area contributed by atoms with Gasteiger partial charge in [-0.1, -0.05) is 24.4 Å². The van der Waals surface area contributed by atoms with Crippen LogP contribution in [0.5, 0.6) is 0 Å². The molecule has 0 aliphatic heterocycles. The lowest BCUT2D eigenvalue weighted by Crippen LogP contribution is -2.46. The Bertz CT molecular complexity index is 363. The second kappa shape index (κ2) is 4.69. The molecule has 1 atom stereocenters. The summed E-state index contributed by atoms with van der Waals surface area (Å²) in [6.45, 7) is 2.89. The minimum Gasteiger partial charge on any atom is -0.393 e. The third-order valence-electron chi connectivity index (χ3n) is 2.29. The van der Waals surface area contributed by atoms with E-state index in [9.17, 15) is 8.42 Å². The fourth-order valence-electron chi connectivity index (χ4n) is 1.00. The molecule has 0 aliphatic rings. The highest BCUT2D eigenvalue weighted by molar-refractivity contribution is 7.86. The Labute approximate surface area is 100.0 Å². The van der Waals surface area contributed by atoms with Crippen molar-refractivity contribution in [2.45, 2.75) is 25.5 Å². The van der Waals surface area contributed by atoms with Crippen molar-refractivity contribution in [1.29, 1.82) is 0 Å². The summed E-state index contributed by atoms with van der Waals surface area (Å²) in [5.74, 6) is 0. The van der Waals surface area contributed by atoms with Crippen molar-refractivity contribution in [2.75, 3.05) is 0 Å². The summed E-state index contributed by atoms with van der Waals surface area (Å²) in [6.07, 6.45) is -0.0312. The molecule has 5 nitrogen and oxygen atoms in total. The summed E-state index contributed by atoms with van der Waals surface area (Å²) in [5.41, 5.74) is 9.86. The van der Waals surface area contributed by atoms with E-state index in [0.717, 1.165) is 0 Å². The van der Waals surface area contributed by atoms with Crippen LogP contribution in [0.3, 0.4) is 0 Å². The van der Waals surface area contributed by atoms with Gasteiger partial charge in [0.05, 0.1) is 20.6 Å². The zero-order valence-electron chi connectivity index (χ0n) is 8.43. The smallest absolute Gasteiger partial charge is 0.267 e. The highest BCUT2D eigenvalue weighted by atomic mass is 32.2. The molecule has 0 fully saturated rings. The Balaban J connectivity index is 5.04. The highest BCUT2D eigenvalue weighted by Crippen LogP contribution is 2.26. The first-order chi connectivity index (χ1) is 6.51. The van der Waals surface area contributed by atoms with Crippen molar-refractivity contribution in [1.82, 2.24) is 0 Å². The van der Waals surface area contributed by atoms with Crippen LogP contribution >= 0.6 is 24.4 Å². The average Bonchev–Trinajstić information content (AvgIpc) is 2.01. The van der Waals surface area contributed by atoms with E-state index in [2.05, 4.69) is 0 Å². The van der Waals surface area contributed by atoms with Gasteiger partial charge < -0.3 is 11.5 Å². The van der Waals surface area contributed by atoms with Gasteiger partial charge in [0.15, 0.2) is 0 Å². The zero-order valence-corrected chi connectivity index (χ0v) is 10.9. The average molecular weight is 270 g/mol. The van der Waals surface area contributed by atoms with Gasteiger partial charge in [0.25, 0.3) is 10.1 Å². The molecule has 5 N–H and O–H groups in total. The molecule has 88 valence electrons. The van der Waals surface area contributed by atoms with E-state index in [-0.39, 0.29) is 16.4 Å². The normalized spacial score (nSPS) is 14.6. The fraction of sp³-hybridized carbons (Fsp3) is 0.714. The fourth-order valence-corrected chi connectivity index (χ4v) is 2.00. The Morgan fingerprint density at radius 2 is 1.73 bits per heavy atom. The second-order valence-corrected chi connectivity index (χ2v) is 6.30. The molecule has 15 heavy (non-hydrogen) atoms. The Kier molecular flexibility index (Phi) is 4.59. The first kappa shape index (κ1) is 14.7. The first-order valence-electron chi connectivity index (χ1n) is 4.08. The number of hydrogen-bond donors (Lipinski definition) is 3. The lowest BCUT2D eigenvalue weighted by Gasteiger charge is -2.28. The highest BCUT2D eigenvalue weighted by Gasteiger charge is 2.36. The number of thiocarbonyl (C=S) groups is 2. The molecule has 1 unspecified atom stereocenters. The summed E-state index contributed by atoms with van der Waals surface area (Å²) in [4.78, 5) is 0.0380. The van der Waals surface area contributed by atoms with Crippen LogP contribution in [0.25, 0.3) is 0 Å². The van der Waals surface area contributed by atoms with E-state index in [1.54, 1.807) is 6.92 Å². The van der Waals surface area contributed by atoms with E-state index in [4.69, 9.17) is 40.5 Å². The standard InChI is InChI=1S/C7H14N2O3S3/c1-4(15(10,11)12)3-7(2,5(8)13)6(9)14/h4H,3H2,1-2H3,(H2,8,13)(H2,9,14)(H,10,11,12). The summed E-state index contributed by atoms with van der Waals surface area (Å²) in [7, 11) is -4.13. The lowest BCUT2D eigenvalue weighted by molar-refractivity contribution is 0.451. The molecule has 0 saturated heterocycles. The molecule has 0 saturated carbocycles. The van der Waals surface area contributed by atoms with E-state index in [1.807, 2.05) is 0 Å². The molecule has 0 aromatic rings. The molecule has 0 spiro atoms. The molecule has 0 rings (SSSR count). The third kappa shape index (κ3) is 3.63. The van der Waals surface area contributed by atoms with E-state index in [0.29, 0.717) is 0 Å². The number of rotatable bonds is 5. The van der Waals surface area contributed by atoms with E-state index in [1.165, 1.54) is 6.92 Å². The van der Waals surface area contributed by atoms with Crippen LogP contribution in [-0.2, 0) is 10.1 Å². The van der Waals surface area contributed by atoms with Crippen molar-refractivity contribution < 1.29 is 13.0 Å². The summed E-state index contributed by atoms with van der Waals surface area (Å²) in [5, 5.41) is -1.02. The van der Waals surface area contributed by atoms with Crippen molar-refractivity contribution in [3.05, 3.63) is 0 Å². The quantitative estimate of drug-likeness (QED) is 0.485. The van der Waals surface area contributed by atoms with Crippen LogP contribution in [0, 0.1) is 5.41 Å². The topological polar surface area (TPSA) is 106 Å². The lowest BCUT2D eigenvalue weighted by atomic mass is 9.85. The predicted octanol–water partition coefficient (Wildman–Crippen LogP) is 0.231. The van der Waals surface area contributed by atoms with Crippen molar-refractivity contribution >= 4 is 44.5 Å². The molecule has 0 aromatic carbocycles. The molecule has 0 bridgehead atoms. The Morgan fingerprint density at radius 3 is 1.93 bits per heavy atom. The predicted molar refractivity (Wildman–Crippen MR) is 67.3 cm³/mol. The van der Waals surface area contributed by atoms with Crippen LogP contribution in [0.15, 0.2) is 0 Å². The molecular formula is C7H14N2O3S3. The molecule has 0 heterocycles. The molecular weight excluding hydrogens is 256 g/mol. The first-order valence-corrected chi connectivity index (χ1v) is 6.40. The van der Waals surface area contributed by atoms with Gasteiger partial charge in [-0.05, 0) is 20.3 Å². The minimum absolute atomic E-state index is 0.0190. The van der Waals surface area contributed by atoms with E-state index < -0.39 is 20.8 Å². The summed E-state index contributed by atoms with van der Waals surface area (Å²) < 4.78 is 30.5. The van der Waals surface area contributed by atoms with Gasteiger partial charge in [-0.15, -0.1) is 0 Å². The van der Waals surface area contributed by atoms with Gasteiger partial charge >= 0.3 is 0 Å². The van der Waals surface area contributed by atoms with Crippen LogP contribution in [0.4, 0.5) is 0 Å². The Morgan fingerprint density at radius 1 is 1.40 bits per heavy atom. The third-order valence-corrected chi connectivity index (χ3v) is 4.38. The zero-order chi connectivity index (χ0) is 12.4. The molecule has 8 heteroatoms. The van der Waals surface area contributed by atoms with Gasteiger partial charge in [-0.3, -0.25) is 4.55 Å². The Hall–Kier alpha value is -0.310. The molecule has 0 aliphatic carbocycles. The summed E-state index contributed by atoms with van der Waals surface area (Å²) >= 11 is 9.56. The monoisotopic (exact) mass is 270 g/mol. The van der Waals surface area contributed by atoms with Crippen molar-refractivity contribution in [3.8, 4) is 0 Å². The largest absolute Gasteiger partial charge is 0.393 e. The van der Waals surface area contributed by atoms with Gasteiger partial charge in [-0.25, -0.2) is 0 Å². The maximum atomic E-state index is 10.8. The van der Waals surface area contributed by atoms with Crippen LogP contribution in [0.1, 0.15) is 20.3 Å². The molecule has 0 amide bonds.